The molecule has 1 saturated heterocycles. The van der Waals surface area contributed by atoms with E-state index < -0.39 is 20.8 Å². The second kappa shape index (κ2) is 5.38. The summed E-state index contributed by atoms with van der Waals surface area (Å²) in [7, 11) is -4.40. The van der Waals surface area contributed by atoms with E-state index in [1.165, 1.54) is 21.7 Å². The molecule has 0 atom stereocenters. The number of hydrogen-bond acceptors (Lipinski definition) is 5. The van der Waals surface area contributed by atoms with E-state index in [9.17, 15) is 12.6 Å². The van der Waals surface area contributed by atoms with Crippen molar-refractivity contribution in [2.45, 2.75) is 18.4 Å². The maximum Gasteiger partial charge on any atom is 0.244 e. The summed E-state index contributed by atoms with van der Waals surface area (Å²) in [6.07, 6.45) is 0. The maximum absolute atomic E-state index is 12.4. The van der Waals surface area contributed by atoms with Gasteiger partial charge in [0.15, 0.2) is 0 Å². The molecule has 1 fully saturated rings. The topological polar surface area (TPSA) is 74.7 Å². The number of rotatable bonds is 3. The van der Waals surface area contributed by atoms with E-state index in [0.29, 0.717) is 34.3 Å². The molecule has 1 N–H and O–H groups in total. The summed E-state index contributed by atoms with van der Waals surface area (Å²) in [6, 6.07) is 1.53. The number of aliphatic hydroxyl groups is 1. The molecule has 0 aliphatic carbocycles. The third kappa shape index (κ3) is 2.67. The highest BCUT2D eigenvalue weighted by Gasteiger charge is 2.30. The van der Waals surface area contributed by atoms with E-state index in [-0.39, 0.29) is 11.5 Å². The van der Waals surface area contributed by atoms with Gasteiger partial charge in [0.1, 0.15) is 0 Å². The van der Waals surface area contributed by atoms with Crippen LogP contribution in [0.5, 0.6) is 0 Å². The third-order valence-corrected chi connectivity index (χ3v) is 7.30. The van der Waals surface area contributed by atoms with Crippen molar-refractivity contribution in [3.05, 3.63) is 15.8 Å². The van der Waals surface area contributed by atoms with Crippen molar-refractivity contribution < 1.29 is 17.7 Å². The van der Waals surface area contributed by atoms with Gasteiger partial charge < -0.3 is 5.11 Å². The van der Waals surface area contributed by atoms with E-state index in [1.54, 1.807) is 6.92 Å². The molecule has 18 heavy (non-hydrogen) atoms. The van der Waals surface area contributed by atoms with Crippen LogP contribution in [0, 0.1) is 6.92 Å². The minimum Gasteiger partial charge on any atom is -0.391 e. The Morgan fingerprint density at radius 3 is 2.56 bits per heavy atom. The Morgan fingerprint density at radius 1 is 1.44 bits per heavy atom. The first kappa shape index (κ1) is 14.1. The van der Waals surface area contributed by atoms with Crippen molar-refractivity contribution in [1.29, 1.82) is 0 Å². The van der Waals surface area contributed by atoms with Crippen LogP contribution in [-0.4, -0.2) is 46.6 Å². The van der Waals surface area contributed by atoms with Crippen LogP contribution in [0.25, 0.3) is 0 Å². The van der Waals surface area contributed by atoms with Gasteiger partial charge in [-0.25, -0.2) is 8.42 Å². The molecule has 0 unspecified atom stereocenters. The molecule has 0 aromatic carbocycles. The van der Waals surface area contributed by atoms with Gasteiger partial charge in [-0.1, -0.05) is 0 Å². The minimum atomic E-state index is -3.51. The molecule has 1 aliphatic rings. The lowest BCUT2D eigenvalue weighted by Crippen LogP contribution is -2.41. The summed E-state index contributed by atoms with van der Waals surface area (Å²) in [5, 5.41) is 9.05. The van der Waals surface area contributed by atoms with Gasteiger partial charge in [0.25, 0.3) is 0 Å². The molecular weight excluding hydrogens is 294 g/mol. The first-order valence-corrected chi connectivity index (χ1v) is 9.25. The van der Waals surface area contributed by atoms with Crippen molar-refractivity contribution in [3.63, 3.8) is 0 Å². The smallest absolute Gasteiger partial charge is 0.244 e. The maximum atomic E-state index is 12.4. The van der Waals surface area contributed by atoms with Gasteiger partial charge in [-0.2, -0.15) is 4.31 Å². The zero-order valence-electron chi connectivity index (χ0n) is 9.96. The van der Waals surface area contributed by atoms with E-state index in [0.717, 1.165) is 0 Å². The summed E-state index contributed by atoms with van der Waals surface area (Å²) in [6.45, 7) is 2.20. The summed E-state index contributed by atoms with van der Waals surface area (Å²) in [4.78, 5) is 1.60. The van der Waals surface area contributed by atoms with Crippen molar-refractivity contribution in [2.24, 2.45) is 0 Å². The average molecular weight is 309 g/mol. The third-order valence-electron chi connectivity index (χ3n) is 2.83. The van der Waals surface area contributed by atoms with Crippen LogP contribution in [0.1, 0.15) is 9.75 Å². The Morgan fingerprint density at radius 2 is 2.06 bits per heavy atom. The summed E-state index contributed by atoms with van der Waals surface area (Å²) >= 11 is 1.29. The van der Waals surface area contributed by atoms with E-state index in [1.807, 2.05) is 0 Å². The van der Waals surface area contributed by atoms with Crippen LogP contribution in [0.4, 0.5) is 0 Å². The lowest BCUT2D eigenvalue weighted by Gasteiger charge is -2.25. The van der Waals surface area contributed by atoms with E-state index in [2.05, 4.69) is 0 Å². The Kier molecular flexibility index (Phi) is 4.22. The van der Waals surface area contributed by atoms with Crippen LogP contribution in [0.15, 0.2) is 11.0 Å². The van der Waals surface area contributed by atoms with Crippen LogP contribution in [-0.2, 0) is 27.4 Å². The lowest BCUT2D eigenvalue weighted by molar-refractivity contribution is 0.285. The highest BCUT2D eigenvalue weighted by molar-refractivity contribution is 7.89. The first-order valence-electron chi connectivity index (χ1n) is 5.50. The van der Waals surface area contributed by atoms with Gasteiger partial charge >= 0.3 is 0 Å². The summed E-state index contributed by atoms with van der Waals surface area (Å²) < 4.78 is 37.4. The van der Waals surface area contributed by atoms with Crippen LogP contribution >= 0.6 is 11.3 Å². The summed E-state index contributed by atoms with van der Waals surface area (Å²) in [5.74, 6) is 0.796. The van der Waals surface area contributed by atoms with Crippen LogP contribution < -0.4 is 0 Å². The fraction of sp³-hybridized carbons (Fsp3) is 0.600. The fourth-order valence-electron chi connectivity index (χ4n) is 1.86. The van der Waals surface area contributed by atoms with Crippen molar-refractivity contribution in [3.8, 4) is 0 Å². The van der Waals surface area contributed by atoms with Crippen molar-refractivity contribution in [1.82, 2.24) is 4.31 Å². The van der Waals surface area contributed by atoms with Crippen LogP contribution in [0.2, 0.25) is 0 Å². The molecule has 0 radical (unpaired) electrons. The molecule has 0 saturated carbocycles. The molecule has 0 bridgehead atoms. The second-order valence-corrected chi connectivity index (χ2v) is 8.99. The fourth-order valence-corrected chi connectivity index (χ4v) is 6.05. The molecule has 8 heteroatoms. The largest absolute Gasteiger partial charge is 0.391 e. The van der Waals surface area contributed by atoms with Gasteiger partial charge in [-0.15, -0.1) is 11.3 Å². The van der Waals surface area contributed by atoms with E-state index >= 15 is 0 Å². The number of aryl methyl sites for hydroxylation is 1. The van der Waals surface area contributed by atoms with E-state index in [4.69, 9.17) is 5.11 Å². The number of sulfonamides is 1. The highest BCUT2D eigenvalue weighted by Crippen LogP contribution is 2.28. The molecule has 2 rings (SSSR count). The normalized spacial score (nSPS) is 19.2. The van der Waals surface area contributed by atoms with Gasteiger partial charge in [-0.05, 0) is 13.0 Å². The number of aliphatic hydroxyl groups excluding tert-OH is 1. The first-order chi connectivity index (χ1) is 8.45. The van der Waals surface area contributed by atoms with Gasteiger partial charge in [0, 0.05) is 45.1 Å². The molecule has 1 aliphatic heterocycles. The monoisotopic (exact) mass is 309 g/mol. The zero-order valence-corrected chi connectivity index (χ0v) is 12.4. The second-order valence-electron chi connectivity index (χ2n) is 4.04. The van der Waals surface area contributed by atoms with Gasteiger partial charge in [-0.3, -0.25) is 4.21 Å². The predicted octanol–water partition coefficient (Wildman–Crippen LogP) is 0.302. The number of nitrogens with zero attached hydrogens (tertiary/aromatic N) is 1. The van der Waals surface area contributed by atoms with Crippen molar-refractivity contribution >= 4 is 32.2 Å². The lowest BCUT2D eigenvalue weighted by atomic mass is 10.4. The quantitative estimate of drug-likeness (QED) is 0.871. The van der Waals surface area contributed by atoms with Crippen LogP contribution in [0.3, 0.4) is 0 Å². The zero-order chi connectivity index (χ0) is 13.3. The standard InChI is InChI=1S/C10H15NO4S3/c1-8-10(6-9(7-12)16-8)18(14,15)11-2-4-17(13)5-3-11/h6,12H,2-5,7H2,1H3. The Labute approximate surface area is 113 Å². The predicted molar refractivity (Wildman–Crippen MR) is 71.6 cm³/mol. The van der Waals surface area contributed by atoms with Gasteiger partial charge in [0.05, 0.1) is 11.5 Å². The molecule has 5 nitrogen and oxygen atoms in total. The molecule has 0 amide bonds. The molecule has 1 aromatic heterocycles. The Balaban J connectivity index is 2.30. The molecule has 0 spiro atoms. The highest BCUT2D eigenvalue weighted by atomic mass is 32.2. The Hall–Kier alpha value is -0.280. The number of thiophene rings is 1. The average Bonchev–Trinajstić information content (AvgIpc) is 2.72. The number of hydrogen-bond donors (Lipinski definition) is 1. The molecular formula is C10H15NO4S3. The minimum absolute atomic E-state index is 0.148. The Bertz CT molecular complexity index is 554. The molecule has 1 aromatic rings. The SMILES string of the molecule is Cc1sc(CO)cc1S(=O)(=O)N1CCS(=O)CC1. The molecule has 2 heterocycles. The van der Waals surface area contributed by atoms with Gasteiger partial charge in [0.2, 0.25) is 10.0 Å². The summed E-state index contributed by atoms with van der Waals surface area (Å²) in [5.41, 5.74) is 0. The van der Waals surface area contributed by atoms with Crippen molar-refractivity contribution in [2.75, 3.05) is 24.6 Å². The molecule has 102 valence electrons.